The molecule has 0 saturated heterocycles. The Labute approximate surface area is 421 Å². The lowest BCUT2D eigenvalue weighted by Gasteiger charge is -2.22. The molecule has 0 bridgehead atoms. The summed E-state index contributed by atoms with van der Waals surface area (Å²) >= 11 is 1.74. The normalized spacial score (nSPS) is 11.6. The third-order valence-corrected chi connectivity index (χ3v) is 15.3. The lowest BCUT2D eigenvalue weighted by Crippen LogP contribution is -2.09. The molecule has 0 N–H and O–H groups in total. The number of para-hydroxylation sites is 6. The van der Waals surface area contributed by atoms with Gasteiger partial charge in [-0.25, -0.2) is 4.98 Å². The molecule has 0 atom stereocenters. The molecule has 0 amide bonds. The molecule has 0 spiro atoms. The number of aromatic nitrogens is 3. The SMILES string of the molecule is c1ccc(N(c2ccccc2)c2nc3c(-c4ccc(-c5ccc6c(c5)c5ccccc5n6-c5ccccc5)cc4)ccc(-c4ccc(-c5ccc6c(c5)c5ccccc5n6-c5ccccc5)cc4)c3s2)cc1. The van der Waals surface area contributed by atoms with Crippen LogP contribution in [0.25, 0.3) is 110 Å². The van der Waals surface area contributed by atoms with Crippen molar-refractivity contribution >= 4 is 81.7 Å². The topological polar surface area (TPSA) is 26.0 Å². The van der Waals surface area contributed by atoms with Crippen LogP contribution < -0.4 is 4.90 Å². The van der Waals surface area contributed by atoms with Gasteiger partial charge in [-0.05, 0) is 118 Å². The van der Waals surface area contributed by atoms with Crippen LogP contribution in [0.3, 0.4) is 0 Å². The Balaban J connectivity index is 0.864. The van der Waals surface area contributed by atoms with E-state index in [1.165, 1.54) is 65.9 Å². The second kappa shape index (κ2) is 17.3. The Morgan fingerprint density at radius 1 is 0.306 bits per heavy atom. The highest BCUT2D eigenvalue weighted by Gasteiger charge is 2.22. The maximum atomic E-state index is 5.58. The Kier molecular flexibility index (Phi) is 10.0. The number of fused-ring (bicyclic) bond motifs is 7. The molecule has 3 heterocycles. The van der Waals surface area contributed by atoms with Crippen LogP contribution in [0.4, 0.5) is 16.5 Å². The van der Waals surface area contributed by atoms with Crippen LogP contribution in [-0.2, 0) is 0 Å². The monoisotopic (exact) mass is 936 g/mol. The number of nitrogens with zero attached hydrogens (tertiary/aromatic N) is 4. The summed E-state index contributed by atoms with van der Waals surface area (Å²) in [6, 6.07) is 96.3. The van der Waals surface area contributed by atoms with E-state index in [1.54, 1.807) is 11.3 Å². The molecule has 72 heavy (non-hydrogen) atoms. The van der Waals surface area contributed by atoms with Gasteiger partial charge in [0, 0.05) is 55.4 Å². The predicted octanol–water partition coefficient (Wildman–Crippen LogP) is 18.6. The second-order valence-corrected chi connectivity index (χ2v) is 19.3. The van der Waals surface area contributed by atoms with Gasteiger partial charge in [0.1, 0.15) is 0 Å². The summed E-state index contributed by atoms with van der Waals surface area (Å²) in [4.78, 5) is 7.86. The summed E-state index contributed by atoms with van der Waals surface area (Å²) in [5, 5.41) is 5.89. The van der Waals surface area contributed by atoms with Crippen LogP contribution in [0, 0.1) is 0 Å². The van der Waals surface area contributed by atoms with Crippen molar-refractivity contribution in [3.05, 3.63) is 267 Å². The van der Waals surface area contributed by atoms with Crippen molar-refractivity contribution < 1.29 is 0 Å². The van der Waals surface area contributed by atoms with Crippen molar-refractivity contribution in [2.75, 3.05) is 4.90 Å². The molecule has 3 aromatic heterocycles. The molecule has 338 valence electrons. The number of thiazole rings is 1. The molecule has 0 unspecified atom stereocenters. The first-order chi connectivity index (χ1) is 35.7. The fourth-order valence-corrected chi connectivity index (χ4v) is 11.9. The molecular weight excluding hydrogens is 893 g/mol. The van der Waals surface area contributed by atoms with Crippen molar-refractivity contribution in [3.63, 3.8) is 0 Å². The fourth-order valence-electron chi connectivity index (χ4n) is 10.8. The van der Waals surface area contributed by atoms with E-state index in [9.17, 15) is 0 Å². The molecule has 0 saturated carbocycles. The molecule has 0 fully saturated rings. The first-order valence-corrected chi connectivity index (χ1v) is 25.3. The Bertz CT molecular complexity index is 4010. The molecular formula is C67H44N4S. The quantitative estimate of drug-likeness (QED) is 0.144. The Morgan fingerprint density at radius 3 is 1.17 bits per heavy atom. The molecule has 14 rings (SSSR count). The van der Waals surface area contributed by atoms with E-state index in [0.717, 1.165) is 60.4 Å². The van der Waals surface area contributed by atoms with E-state index in [0.29, 0.717) is 0 Å². The van der Waals surface area contributed by atoms with Gasteiger partial charge in [0.2, 0.25) is 0 Å². The van der Waals surface area contributed by atoms with Crippen molar-refractivity contribution in [3.8, 4) is 55.9 Å². The molecule has 14 aromatic rings. The van der Waals surface area contributed by atoms with Crippen LogP contribution in [0.1, 0.15) is 0 Å². The predicted molar refractivity (Wildman–Crippen MR) is 305 cm³/mol. The maximum Gasteiger partial charge on any atom is 0.195 e. The largest absolute Gasteiger partial charge is 0.309 e. The van der Waals surface area contributed by atoms with Gasteiger partial charge in [-0.3, -0.25) is 4.90 Å². The minimum atomic E-state index is 0.912. The lowest BCUT2D eigenvalue weighted by atomic mass is 9.95. The van der Waals surface area contributed by atoms with E-state index < -0.39 is 0 Å². The number of hydrogen-bond acceptors (Lipinski definition) is 3. The number of benzene rings is 11. The van der Waals surface area contributed by atoms with Gasteiger partial charge in [-0.15, -0.1) is 0 Å². The van der Waals surface area contributed by atoms with Crippen LogP contribution in [0.5, 0.6) is 0 Å². The van der Waals surface area contributed by atoms with Gasteiger partial charge in [0.15, 0.2) is 5.13 Å². The van der Waals surface area contributed by atoms with E-state index in [-0.39, 0.29) is 0 Å². The number of rotatable bonds is 9. The second-order valence-electron chi connectivity index (χ2n) is 18.3. The Morgan fingerprint density at radius 2 is 0.681 bits per heavy atom. The lowest BCUT2D eigenvalue weighted by molar-refractivity contribution is 1.18. The van der Waals surface area contributed by atoms with Crippen LogP contribution >= 0.6 is 11.3 Å². The summed E-state index contributed by atoms with van der Waals surface area (Å²) in [5.74, 6) is 0. The molecule has 0 aliphatic rings. The van der Waals surface area contributed by atoms with Gasteiger partial charge < -0.3 is 9.13 Å². The zero-order chi connectivity index (χ0) is 47.5. The fraction of sp³-hybridized carbons (Fsp3) is 0. The van der Waals surface area contributed by atoms with E-state index >= 15 is 0 Å². The molecule has 0 aliphatic heterocycles. The third-order valence-electron chi connectivity index (χ3n) is 14.2. The molecule has 11 aromatic carbocycles. The minimum absolute atomic E-state index is 0.912. The van der Waals surface area contributed by atoms with Crippen LogP contribution in [0.2, 0.25) is 0 Å². The van der Waals surface area contributed by atoms with Gasteiger partial charge >= 0.3 is 0 Å². The van der Waals surface area contributed by atoms with Gasteiger partial charge in [0.25, 0.3) is 0 Å². The summed E-state index contributed by atoms with van der Waals surface area (Å²) in [6.45, 7) is 0. The Hall–Kier alpha value is -9.29. The first kappa shape index (κ1) is 41.7. The third kappa shape index (κ3) is 7.01. The van der Waals surface area contributed by atoms with Gasteiger partial charge in [-0.2, -0.15) is 0 Å². The zero-order valence-electron chi connectivity index (χ0n) is 39.1. The summed E-state index contributed by atoms with van der Waals surface area (Å²) in [6.07, 6.45) is 0. The summed E-state index contributed by atoms with van der Waals surface area (Å²) in [7, 11) is 0. The van der Waals surface area contributed by atoms with Crippen molar-refractivity contribution in [1.82, 2.24) is 14.1 Å². The average Bonchev–Trinajstić information content (AvgIpc) is 4.14. The molecule has 0 radical (unpaired) electrons. The maximum absolute atomic E-state index is 5.58. The highest BCUT2D eigenvalue weighted by atomic mass is 32.1. The van der Waals surface area contributed by atoms with Crippen molar-refractivity contribution in [2.45, 2.75) is 0 Å². The highest BCUT2D eigenvalue weighted by Crippen LogP contribution is 2.46. The van der Waals surface area contributed by atoms with E-state index in [4.69, 9.17) is 4.98 Å². The number of anilines is 3. The minimum Gasteiger partial charge on any atom is -0.309 e. The van der Waals surface area contributed by atoms with Crippen LogP contribution in [0.15, 0.2) is 267 Å². The van der Waals surface area contributed by atoms with Crippen molar-refractivity contribution in [2.24, 2.45) is 0 Å². The van der Waals surface area contributed by atoms with E-state index in [1.807, 2.05) is 0 Å². The van der Waals surface area contributed by atoms with Crippen molar-refractivity contribution in [1.29, 1.82) is 0 Å². The zero-order valence-corrected chi connectivity index (χ0v) is 39.9. The number of hydrogen-bond donors (Lipinski definition) is 0. The molecule has 4 nitrogen and oxygen atoms in total. The smallest absolute Gasteiger partial charge is 0.195 e. The van der Waals surface area contributed by atoms with Crippen LogP contribution in [-0.4, -0.2) is 14.1 Å². The van der Waals surface area contributed by atoms with Gasteiger partial charge in [0.05, 0.1) is 32.3 Å². The highest BCUT2D eigenvalue weighted by molar-refractivity contribution is 7.23. The summed E-state index contributed by atoms with van der Waals surface area (Å²) in [5.41, 5.74) is 19.5. The first-order valence-electron chi connectivity index (χ1n) is 24.4. The standard InChI is InChI=1S/C67H44N4S/c1-5-17-51(18-6-1)69(52-19-7-2-8-20-52)67-68-65-55(47-33-29-45(30-34-47)49-37-41-63-59(43-49)57-25-13-15-27-61(57)70(63)53-21-9-3-10-22-53)39-40-56(66(65)72-67)48-35-31-46(32-36-48)50-38-42-64-60(44-50)58-26-14-16-28-62(58)71(64)54-23-11-4-12-24-54/h1-44H. The average molecular weight is 937 g/mol. The molecule has 0 aliphatic carbocycles. The summed E-state index contributed by atoms with van der Waals surface area (Å²) < 4.78 is 5.88. The van der Waals surface area contributed by atoms with Gasteiger partial charge in [-0.1, -0.05) is 193 Å². The molecule has 5 heteroatoms. The van der Waals surface area contributed by atoms with E-state index in [2.05, 4.69) is 281 Å².